The van der Waals surface area contributed by atoms with Gasteiger partial charge in [0.1, 0.15) is 0 Å². The summed E-state index contributed by atoms with van der Waals surface area (Å²) in [6.07, 6.45) is 6.11. The Morgan fingerprint density at radius 3 is 2.36 bits per heavy atom. The summed E-state index contributed by atoms with van der Waals surface area (Å²) < 4.78 is 1.81. The molecule has 0 aliphatic rings. The smallest absolute Gasteiger partial charge is 0.252 e. The van der Waals surface area contributed by atoms with Crippen LogP contribution in [-0.2, 0) is 6.42 Å². The van der Waals surface area contributed by atoms with E-state index in [1.165, 1.54) is 5.56 Å². The molecule has 0 aliphatic heterocycles. The molecule has 1 N–H and O–H groups in total. The fraction of sp³-hybridized carbons (Fsp3) is 0.0870. The molecule has 4 rings (SSSR count). The van der Waals surface area contributed by atoms with E-state index < -0.39 is 0 Å². The lowest BCUT2D eigenvalue weighted by Gasteiger charge is -2.06. The second-order valence-corrected chi connectivity index (χ2v) is 6.43. The van der Waals surface area contributed by atoms with Gasteiger partial charge in [0.25, 0.3) is 5.91 Å². The van der Waals surface area contributed by atoms with Gasteiger partial charge in [-0.2, -0.15) is 5.10 Å². The van der Waals surface area contributed by atoms with E-state index in [0.29, 0.717) is 12.1 Å². The predicted molar refractivity (Wildman–Crippen MR) is 109 cm³/mol. The third-order valence-electron chi connectivity index (χ3n) is 4.47. The standard InChI is InChI=1S/C23H20N4O/c28-23(24-14-13-18-7-3-1-4-8-18)19-11-12-22(25-15-19)20-16-26-27(17-20)21-9-5-2-6-10-21/h1-12,15-17H,13-14H2,(H,24,28). The Bertz CT molecular complexity index is 1040. The van der Waals surface area contributed by atoms with Gasteiger partial charge in [-0.3, -0.25) is 9.78 Å². The molecule has 0 bridgehead atoms. The molecular weight excluding hydrogens is 348 g/mol. The number of pyridine rings is 1. The van der Waals surface area contributed by atoms with Gasteiger partial charge in [-0.05, 0) is 36.2 Å². The lowest BCUT2D eigenvalue weighted by atomic mass is 10.1. The molecule has 0 spiro atoms. The van der Waals surface area contributed by atoms with Gasteiger partial charge in [-0.15, -0.1) is 0 Å². The fourth-order valence-electron chi connectivity index (χ4n) is 2.94. The van der Waals surface area contributed by atoms with Crippen LogP contribution >= 0.6 is 0 Å². The van der Waals surface area contributed by atoms with Crippen molar-refractivity contribution in [3.63, 3.8) is 0 Å². The van der Waals surface area contributed by atoms with E-state index in [4.69, 9.17) is 0 Å². The van der Waals surface area contributed by atoms with Crippen molar-refractivity contribution in [3.05, 3.63) is 103 Å². The highest BCUT2D eigenvalue weighted by atomic mass is 16.1. The Kier molecular flexibility index (Phi) is 5.24. The average molecular weight is 368 g/mol. The van der Waals surface area contributed by atoms with E-state index in [1.54, 1.807) is 23.1 Å². The van der Waals surface area contributed by atoms with Gasteiger partial charge >= 0.3 is 0 Å². The summed E-state index contributed by atoms with van der Waals surface area (Å²) in [5.41, 5.74) is 4.42. The van der Waals surface area contributed by atoms with E-state index >= 15 is 0 Å². The van der Waals surface area contributed by atoms with Crippen LogP contribution in [0.4, 0.5) is 0 Å². The zero-order valence-corrected chi connectivity index (χ0v) is 15.3. The molecule has 138 valence electrons. The molecule has 2 aromatic carbocycles. The first-order valence-corrected chi connectivity index (χ1v) is 9.18. The van der Waals surface area contributed by atoms with Crippen LogP contribution in [-0.4, -0.2) is 27.2 Å². The Balaban J connectivity index is 1.38. The Hall–Kier alpha value is -3.73. The van der Waals surface area contributed by atoms with Crippen molar-refractivity contribution in [2.75, 3.05) is 6.54 Å². The summed E-state index contributed by atoms with van der Waals surface area (Å²) in [5, 5.41) is 7.32. The van der Waals surface area contributed by atoms with Gasteiger partial charge in [0.05, 0.1) is 23.1 Å². The molecule has 0 saturated heterocycles. The van der Waals surface area contributed by atoms with Crippen LogP contribution in [0.2, 0.25) is 0 Å². The molecule has 0 radical (unpaired) electrons. The van der Waals surface area contributed by atoms with Crippen LogP contribution in [0.1, 0.15) is 15.9 Å². The van der Waals surface area contributed by atoms with Crippen LogP contribution in [0, 0.1) is 0 Å². The lowest BCUT2D eigenvalue weighted by molar-refractivity contribution is 0.0954. The van der Waals surface area contributed by atoms with Crippen molar-refractivity contribution < 1.29 is 4.79 Å². The second kappa shape index (κ2) is 8.31. The summed E-state index contributed by atoms with van der Waals surface area (Å²) in [4.78, 5) is 16.7. The van der Waals surface area contributed by atoms with Gasteiger partial charge in [0.2, 0.25) is 0 Å². The van der Waals surface area contributed by atoms with Gasteiger partial charge in [-0.25, -0.2) is 4.68 Å². The van der Waals surface area contributed by atoms with Crippen molar-refractivity contribution in [2.45, 2.75) is 6.42 Å². The number of aromatic nitrogens is 3. The van der Waals surface area contributed by atoms with Gasteiger partial charge < -0.3 is 5.32 Å². The van der Waals surface area contributed by atoms with Crippen LogP contribution in [0.15, 0.2) is 91.4 Å². The normalized spacial score (nSPS) is 10.6. The van der Waals surface area contributed by atoms with Crippen molar-refractivity contribution >= 4 is 5.91 Å². The van der Waals surface area contributed by atoms with E-state index in [9.17, 15) is 4.79 Å². The number of carbonyl (C=O) groups is 1. The molecular formula is C23H20N4O. The fourth-order valence-corrected chi connectivity index (χ4v) is 2.94. The number of amides is 1. The third-order valence-corrected chi connectivity index (χ3v) is 4.47. The minimum absolute atomic E-state index is 0.116. The number of nitrogens with one attached hydrogen (secondary N) is 1. The molecule has 0 saturated carbocycles. The van der Waals surface area contributed by atoms with E-state index in [2.05, 4.69) is 27.5 Å². The minimum atomic E-state index is -0.116. The maximum absolute atomic E-state index is 12.3. The molecule has 0 fully saturated rings. The summed E-state index contributed by atoms with van der Waals surface area (Å²) in [5.74, 6) is -0.116. The number of rotatable bonds is 6. The van der Waals surface area contributed by atoms with E-state index in [1.807, 2.05) is 60.8 Å². The van der Waals surface area contributed by atoms with Crippen molar-refractivity contribution in [2.24, 2.45) is 0 Å². The average Bonchev–Trinajstić information content (AvgIpc) is 3.25. The minimum Gasteiger partial charge on any atom is -0.352 e. The van der Waals surface area contributed by atoms with Gasteiger partial charge in [0, 0.05) is 24.5 Å². The molecule has 1 amide bonds. The quantitative estimate of drug-likeness (QED) is 0.561. The number of para-hydroxylation sites is 1. The van der Waals surface area contributed by atoms with Crippen LogP contribution < -0.4 is 5.32 Å². The number of benzene rings is 2. The number of hydrogen-bond acceptors (Lipinski definition) is 3. The van der Waals surface area contributed by atoms with Gasteiger partial charge in [-0.1, -0.05) is 48.5 Å². The maximum atomic E-state index is 12.3. The van der Waals surface area contributed by atoms with Crippen LogP contribution in [0.25, 0.3) is 16.9 Å². The highest BCUT2D eigenvalue weighted by Gasteiger charge is 2.08. The maximum Gasteiger partial charge on any atom is 0.252 e. The first kappa shape index (κ1) is 17.7. The Morgan fingerprint density at radius 1 is 0.893 bits per heavy atom. The third kappa shape index (κ3) is 4.15. The number of carbonyl (C=O) groups excluding carboxylic acids is 1. The van der Waals surface area contributed by atoms with E-state index in [0.717, 1.165) is 23.4 Å². The lowest BCUT2D eigenvalue weighted by Crippen LogP contribution is -2.25. The Morgan fingerprint density at radius 2 is 1.64 bits per heavy atom. The summed E-state index contributed by atoms with van der Waals surface area (Å²) in [6.45, 7) is 0.592. The first-order chi connectivity index (χ1) is 13.8. The summed E-state index contributed by atoms with van der Waals surface area (Å²) in [6, 6.07) is 23.6. The van der Waals surface area contributed by atoms with Crippen molar-refractivity contribution in [1.82, 2.24) is 20.1 Å². The van der Waals surface area contributed by atoms with Crippen LogP contribution in [0.3, 0.4) is 0 Å². The summed E-state index contributed by atoms with van der Waals surface area (Å²) >= 11 is 0. The molecule has 4 aromatic rings. The monoisotopic (exact) mass is 368 g/mol. The molecule has 28 heavy (non-hydrogen) atoms. The SMILES string of the molecule is O=C(NCCc1ccccc1)c1ccc(-c2cnn(-c3ccccc3)c2)nc1. The Labute approximate surface area is 163 Å². The van der Waals surface area contributed by atoms with Crippen molar-refractivity contribution in [3.8, 4) is 16.9 Å². The molecule has 0 unspecified atom stereocenters. The molecule has 2 aromatic heterocycles. The second-order valence-electron chi connectivity index (χ2n) is 6.43. The zero-order chi connectivity index (χ0) is 19.2. The van der Waals surface area contributed by atoms with Crippen LogP contribution in [0.5, 0.6) is 0 Å². The highest BCUT2D eigenvalue weighted by molar-refractivity contribution is 5.94. The van der Waals surface area contributed by atoms with Crippen molar-refractivity contribution in [1.29, 1.82) is 0 Å². The molecule has 5 heteroatoms. The molecule has 0 aliphatic carbocycles. The topological polar surface area (TPSA) is 59.8 Å². The summed E-state index contributed by atoms with van der Waals surface area (Å²) in [7, 11) is 0. The van der Waals surface area contributed by atoms with Gasteiger partial charge in [0.15, 0.2) is 0 Å². The largest absolute Gasteiger partial charge is 0.352 e. The number of hydrogen-bond donors (Lipinski definition) is 1. The number of nitrogens with zero attached hydrogens (tertiary/aromatic N) is 3. The molecule has 0 atom stereocenters. The molecule has 2 heterocycles. The molecule has 5 nitrogen and oxygen atoms in total. The zero-order valence-electron chi connectivity index (χ0n) is 15.3. The first-order valence-electron chi connectivity index (χ1n) is 9.18. The van der Waals surface area contributed by atoms with E-state index in [-0.39, 0.29) is 5.91 Å². The highest BCUT2D eigenvalue weighted by Crippen LogP contribution is 2.18. The predicted octanol–water partition coefficient (Wildman–Crippen LogP) is 3.91.